The number of rotatable bonds is 5. The van der Waals surface area contributed by atoms with Crippen LogP contribution in [0.5, 0.6) is 5.88 Å². The maximum Gasteiger partial charge on any atom is 0.416 e. The molecular weight excluding hydrogens is 411 g/mol. The number of halogens is 5. The molecule has 3 aromatic heterocycles. The highest BCUT2D eigenvalue weighted by atomic mass is 19.4. The van der Waals surface area contributed by atoms with Crippen LogP contribution in [0.2, 0.25) is 0 Å². The number of aromatic nitrogens is 5. The van der Waals surface area contributed by atoms with Gasteiger partial charge in [-0.3, -0.25) is 0 Å². The highest BCUT2D eigenvalue weighted by molar-refractivity contribution is 5.71. The van der Waals surface area contributed by atoms with E-state index in [2.05, 4.69) is 20.1 Å². The molecule has 0 aliphatic carbocycles. The summed E-state index contributed by atoms with van der Waals surface area (Å²) in [4.78, 5) is 14.4. The number of alkyl halides is 5. The summed E-state index contributed by atoms with van der Waals surface area (Å²) < 4.78 is 70.6. The Labute approximate surface area is 167 Å². The molecule has 0 aromatic carbocycles. The van der Waals surface area contributed by atoms with Gasteiger partial charge in [0.15, 0.2) is 5.65 Å². The van der Waals surface area contributed by atoms with Crippen LogP contribution in [-0.4, -0.2) is 50.4 Å². The van der Waals surface area contributed by atoms with Gasteiger partial charge in [-0.1, -0.05) is 0 Å². The molecule has 1 fully saturated rings. The summed E-state index contributed by atoms with van der Waals surface area (Å²) >= 11 is 0. The van der Waals surface area contributed by atoms with E-state index in [0.29, 0.717) is 37.3 Å². The normalized spacial score (nSPS) is 15.9. The van der Waals surface area contributed by atoms with Gasteiger partial charge in [0.05, 0.1) is 18.0 Å². The molecule has 1 aliphatic heterocycles. The zero-order valence-electron chi connectivity index (χ0n) is 15.6. The second-order valence-corrected chi connectivity index (χ2v) is 6.84. The van der Waals surface area contributed by atoms with Crippen LogP contribution in [0, 0.1) is 0 Å². The van der Waals surface area contributed by atoms with Crippen molar-refractivity contribution in [3.63, 3.8) is 0 Å². The van der Waals surface area contributed by atoms with Gasteiger partial charge in [-0.2, -0.15) is 18.3 Å². The number of hydrogen-bond donors (Lipinski definition) is 0. The molecule has 0 unspecified atom stereocenters. The van der Waals surface area contributed by atoms with Gasteiger partial charge >= 0.3 is 6.18 Å². The van der Waals surface area contributed by atoms with E-state index < -0.39 is 24.7 Å². The van der Waals surface area contributed by atoms with Crippen LogP contribution in [0.4, 0.5) is 27.8 Å². The summed E-state index contributed by atoms with van der Waals surface area (Å²) in [6.45, 7) is 0.473. The summed E-state index contributed by atoms with van der Waals surface area (Å²) in [5, 5.41) is 3.89. The van der Waals surface area contributed by atoms with E-state index in [1.165, 1.54) is 6.20 Å². The molecular formula is C18H17F5N6O. The first-order valence-electron chi connectivity index (χ1n) is 9.21. The minimum atomic E-state index is -4.46. The van der Waals surface area contributed by atoms with Gasteiger partial charge < -0.3 is 9.64 Å². The quantitative estimate of drug-likeness (QED) is 0.579. The van der Waals surface area contributed by atoms with Gasteiger partial charge in [-0.05, 0) is 6.07 Å². The molecule has 0 spiro atoms. The van der Waals surface area contributed by atoms with Crippen LogP contribution in [0.15, 0.2) is 30.7 Å². The lowest BCUT2D eigenvalue weighted by atomic mass is 10.1. The lowest BCUT2D eigenvalue weighted by Crippen LogP contribution is -2.39. The third kappa shape index (κ3) is 4.41. The Morgan fingerprint density at radius 3 is 2.60 bits per heavy atom. The Morgan fingerprint density at radius 2 is 1.90 bits per heavy atom. The Bertz CT molecular complexity index is 1020. The van der Waals surface area contributed by atoms with Crippen LogP contribution in [0.1, 0.15) is 18.4 Å². The van der Waals surface area contributed by atoms with Gasteiger partial charge in [-0.15, -0.1) is 0 Å². The zero-order chi connectivity index (χ0) is 21.3. The van der Waals surface area contributed by atoms with Gasteiger partial charge in [0.2, 0.25) is 5.88 Å². The molecule has 0 amide bonds. The molecule has 30 heavy (non-hydrogen) atoms. The van der Waals surface area contributed by atoms with Crippen molar-refractivity contribution < 1.29 is 26.7 Å². The van der Waals surface area contributed by atoms with Crippen molar-refractivity contribution in [3.8, 4) is 5.88 Å². The molecule has 0 bridgehead atoms. The first-order valence-corrected chi connectivity index (χ1v) is 9.21. The molecule has 4 heterocycles. The van der Waals surface area contributed by atoms with Gasteiger partial charge in [-0.25, -0.2) is 28.4 Å². The van der Waals surface area contributed by atoms with Crippen molar-refractivity contribution in [2.45, 2.75) is 38.1 Å². The molecule has 4 rings (SSSR count). The molecule has 12 heteroatoms. The molecule has 0 N–H and O–H groups in total. The van der Waals surface area contributed by atoms with E-state index in [-0.39, 0.29) is 17.6 Å². The summed E-state index contributed by atoms with van der Waals surface area (Å²) in [7, 11) is 0. The third-order valence-electron chi connectivity index (χ3n) is 4.76. The summed E-state index contributed by atoms with van der Waals surface area (Å²) in [6, 6.07) is 1.78. The lowest BCUT2D eigenvalue weighted by molar-refractivity contribution is -0.137. The highest BCUT2D eigenvalue weighted by Gasteiger charge is 2.31. The Morgan fingerprint density at radius 1 is 1.13 bits per heavy atom. The fourth-order valence-electron chi connectivity index (χ4n) is 3.28. The molecule has 1 saturated heterocycles. The maximum atomic E-state index is 12.8. The highest BCUT2D eigenvalue weighted by Crippen LogP contribution is 2.31. The molecule has 0 saturated carbocycles. The standard InChI is InChI=1S/C18H17F5N6O/c19-14(20)10-29-17-13(8-26-29)25-9-15(27-17)28-5-2-12(3-6-28)30-16-7-11(1-4-24-16)18(21,22)23/h1,4,7-9,12,14H,2-3,5-6,10H2. The Balaban J connectivity index is 1.41. The number of anilines is 1. The predicted octanol–water partition coefficient (Wildman–Crippen LogP) is 3.55. The Kier molecular flexibility index (Phi) is 5.39. The largest absolute Gasteiger partial charge is 0.474 e. The lowest BCUT2D eigenvalue weighted by Gasteiger charge is -2.32. The Hall–Kier alpha value is -3.05. The fraction of sp³-hybridized carbons (Fsp3) is 0.444. The van der Waals surface area contributed by atoms with Gasteiger partial charge in [0.25, 0.3) is 6.43 Å². The van der Waals surface area contributed by atoms with E-state index in [9.17, 15) is 22.0 Å². The van der Waals surface area contributed by atoms with E-state index in [1.807, 2.05) is 4.90 Å². The SMILES string of the molecule is FC(F)Cn1ncc2ncc(N3CCC(Oc4cc(C(F)(F)F)ccn4)CC3)nc21. The van der Waals surface area contributed by atoms with Crippen molar-refractivity contribution in [3.05, 3.63) is 36.3 Å². The average molecular weight is 428 g/mol. The third-order valence-corrected chi connectivity index (χ3v) is 4.76. The fourth-order valence-corrected chi connectivity index (χ4v) is 3.28. The molecule has 1 aliphatic rings. The van der Waals surface area contributed by atoms with Crippen LogP contribution in [-0.2, 0) is 12.7 Å². The van der Waals surface area contributed by atoms with Crippen LogP contribution in [0.25, 0.3) is 11.2 Å². The number of nitrogens with zero attached hydrogens (tertiary/aromatic N) is 6. The second kappa shape index (κ2) is 8.00. The van der Waals surface area contributed by atoms with E-state index in [4.69, 9.17) is 4.74 Å². The van der Waals surface area contributed by atoms with Crippen molar-refractivity contribution in [2.75, 3.05) is 18.0 Å². The number of pyridine rings is 1. The zero-order valence-corrected chi connectivity index (χ0v) is 15.6. The summed E-state index contributed by atoms with van der Waals surface area (Å²) in [5.74, 6) is 0.453. The van der Waals surface area contributed by atoms with Crippen molar-refractivity contribution in [1.29, 1.82) is 0 Å². The minimum absolute atomic E-state index is 0.0691. The van der Waals surface area contributed by atoms with E-state index in [0.717, 1.165) is 23.0 Å². The van der Waals surface area contributed by atoms with E-state index >= 15 is 0 Å². The summed E-state index contributed by atoms with van der Waals surface area (Å²) in [6.07, 6.45) is -2.24. The van der Waals surface area contributed by atoms with Crippen LogP contribution in [0.3, 0.4) is 0 Å². The first kappa shape index (κ1) is 20.2. The maximum absolute atomic E-state index is 12.8. The topological polar surface area (TPSA) is 69.0 Å². The second-order valence-electron chi connectivity index (χ2n) is 6.84. The molecule has 160 valence electrons. The van der Waals surface area contributed by atoms with Crippen molar-refractivity contribution >= 4 is 17.0 Å². The number of ether oxygens (including phenoxy) is 1. The monoisotopic (exact) mass is 428 g/mol. The predicted molar refractivity (Wildman–Crippen MR) is 96.4 cm³/mol. The van der Waals surface area contributed by atoms with E-state index in [1.54, 1.807) is 6.20 Å². The van der Waals surface area contributed by atoms with Crippen molar-refractivity contribution in [2.24, 2.45) is 0 Å². The molecule has 0 radical (unpaired) electrons. The number of piperidine rings is 1. The summed E-state index contributed by atoms with van der Waals surface area (Å²) in [5.41, 5.74) is -0.110. The van der Waals surface area contributed by atoms with Crippen LogP contribution >= 0.6 is 0 Å². The van der Waals surface area contributed by atoms with Crippen molar-refractivity contribution in [1.82, 2.24) is 24.7 Å². The first-order chi connectivity index (χ1) is 14.3. The molecule has 3 aromatic rings. The molecule has 0 atom stereocenters. The minimum Gasteiger partial charge on any atom is -0.474 e. The smallest absolute Gasteiger partial charge is 0.416 e. The number of fused-ring (bicyclic) bond motifs is 1. The van der Waals surface area contributed by atoms with Gasteiger partial charge in [0.1, 0.15) is 24.0 Å². The average Bonchev–Trinajstić information content (AvgIpc) is 3.10. The molecule has 7 nitrogen and oxygen atoms in total. The van der Waals surface area contributed by atoms with Gasteiger partial charge in [0, 0.05) is 38.2 Å². The number of hydrogen-bond acceptors (Lipinski definition) is 6. The van der Waals surface area contributed by atoms with Crippen LogP contribution < -0.4 is 9.64 Å².